The fourth-order valence-electron chi connectivity index (χ4n) is 1.68. The Hall–Kier alpha value is -1.62. The Kier molecular flexibility index (Phi) is 4.04. The van der Waals surface area contributed by atoms with E-state index in [9.17, 15) is 15.2 Å². The number of nitro groups is 1. The zero-order valence-corrected chi connectivity index (χ0v) is 11.1. The minimum atomic E-state index is -0.907. The van der Waals surface area contributed by atoms with Gasteiger partial charge in [0.1, 0.15) is 11.1 Å². The summed E-state index contributed by atoms with van der Waals surface area (Å²) in [6.45, 7) is 0. The molecule has 0 amide bonds. The maximum Gasteiger partial charge on any atom is 0.287 e. The smallest absolute Gasteiger partial charge is 0.287 e. The first-order valence-electron chi connectivity index (χ1n) is 5.36. The van der Waals surface area contributed by atoms with Crippen LogP contribution in [0.4, 0.5) is 5.69 Å². The molecule has 0 fully saturated rings. The van der Waals surface area contributed by atoms with Crippen LogP contribution >= 0.6 is 23.2 Å². The van der Waals surface area contributed by atoms with Crippen LogP contribution in [-0.4, -0.2) is 10.0 Å². The standard InChI is InChI=1S/C13H9Cl2NO3/c14-10-4-1-8(2-5-10)13(17)9-3-6-12(16(18)19)11(15)7-9/h1-7,13,17H. The van der Waals surface area contributed by atoms with Crippen molar-refractivity contribution in [1.29, 1.82) is 0 Å². The highest BCUT2D eigenvalue weighted by Gasteiger charge is 2.16. The molecule has 0 bridgehead atoms. The Morgan fingerprint density at radius 2 is 1.63 bits per heavy atom. The molecule has 0 radical (unpaired) electrons. The summed E-state index contributed by atoms with van der Waals surface area (Å²) in [5, 5.41) is 21.4. The molecule has 6 heteroatoms. The molecule has 0 saturated carbocycles. The van der Waals surface area contributed by atoms with E-state index in [1.807, 2.05) is 0 Å². The third-order valence-electron chi connectivity index (χ3n) is 2.67. The van der Waals surface area contributed by atoms with Crippen molar-refractivity contribution >= 4 is 28.9 Å². The lowest BCUT2D eigenvalue weighted by Gasteiger charge is -2.11. The van der Waals surface area contributed by atoms with Crippen LogP contribution in [-0.2, 0) is 0 Å². The van der Waals surface area contributed by atoms with Gasteiger partial charge in [-0.2, -0.15) is 0 Å². The van der Waals surface area contributed by atoms with Crippen molar-refractivity contribution in [2.75, 3.05) is 0 Å². The van der Waals surface area contributed by atoms with E-state index in [4.69, 9.17) is 23.2 Å². The molecule has 1 atom stereocenters. The highest BCUT2D eigenvalue weighted by Crippen LogP contribution is 2.30. The van der Waals surface area contributed by atoms with E-state index in [2.05, 4.69) is 0 Å². The number of halogens is 2. The zero-order chi connectivity index (χ0) is 14.0. The van der Waals surface area contributed by atoms with Gasteiger partial charge in [-0.05, 0) is 35.4 Å². The van der Waals surface area contributed by atoms with Crippen LogP contribution in [0.15, 0.2) is 42.5 Å². The second kappa shape index (κ2) is 5.57. The molecular weight excluding hydrogens is 289 g/mol. The van der Waals surface area contributed by atoms with Gasteiger partial charge >= 0.3 is 0 Å². The van der Waals surface area contributed by atoms with Gasteiger partial charge in [0, 0.05) is 11.1 Å². The Morgan fingerprint density at radius 3 is 2.16 bits per heavy atom. The lowest BCUT2D eigenvalue weighted by molar-refractivity contribution is -0.384. The predicted octanol–water partition coefficient (Wildman–Crippen LogP) is 3.98. The van der Waals surface area contributed by atoms with E-state index < -0.39 is 11.0 Å². The quantitative estimate of drug-likeness (QED) is 0.688. The first-order chi connectivity index (χ1) is 8.99. The van der Waals surface area contributed by atoms with Crippen LogP contribution in [0, 0.1) is 10.1 Å². The SMILES string of the molecule is O=[N+]([O-])c1ccc(C(O)c2ccc(Cl)cc2)cc1Cl. The van der Waals surface area contributed by atoms with Crippen LogP contribution in [0.5, 0.6) is 0 Å². The van der Waals surface area contributed by atoms with Gasteiger partial charge in [-0.1, -0.05) is 35.3 Å². The number of hydrogen-bond donors (Lipinski definition) is 1. The fourth-order valence-corrected chi connectivity index (χ4v) is 2.06. The molecular formula is C13H9Cl2NO3. The van der Waals surface area contributed by atoms with Gasteiger partial charge in [-0.15, -0.1) is 0 Å². The third-order valence-corrected chi connectivity index (χ3v) is 3.22. The predicted molar refractivity (Wildman–Crippen MR) is 73.6 cm³/mol. The summed E-state index contributed by atoms with van der Waals surface area (Å²) in [5.74, 6) is 0. The molecule has 2 rings (SSSR count). The van der Waals surface area contributed by atoms with Crippen molar-refractivity contribution in [3.05, 3.63) is 73.8 Å². The molecule has 1 unspecified atom stereocenters. The highest BCUT2D eigenvalue weighted by atomic mass is 35.5. The molecule has 19 heavy (non-hydrogen) atoms. The van der Waals surface area contributed by atoms with Gasteiger partial charge in [0.2, 0.25) is 0 Å². The van der Waals surface area contributed by atoms with E-state index in [1.165, 1.54) is 18.2 Å². The second-order valence-corrected chi connectivity index (χ2v) is 4.77. The molecule has 0 aliphatic heterocycles. The van der Waals surface area contributed by atoms with Gasteiger partial charge < -0.3 is 5.11 Å². The zero-order valence-electron chi connectivity index (χ0n) is 9.59. The number of aliphatic hydroxyl groups is 1. The Bertz CT molecular complexity index is 614. The largest absolute Gasteiger partial charge is 0.384 e. The van der Waals surface area contributed by atoms with Gasteiger partial charge in [0.25, 0.3) is 5.69 Å². The maximum atomic E-state index is 10.7. The molecule has 2 aromatic carbocycles. The molecule has 98 valence electrons. The van der Waals surface area contributed by atoms with Gasteiger partial charge in [-0.25, -0.2) is 0 Å². The first-order valence-corrected chi connectivity index (χ1v) is 6.12. The monoisotopic (exact) mass is 297 g/mol. The van der Waals surface area contributed by atoms with Gasteiger partial charge in [0.15, 0.2) is 0 Å². The van der Waals surface area contributed by atoms with Crippen LogP contribution in [0.3, 0.4) is 0 Å². The number of benzene rings is 2. The summed E-state index contributed by atoms with van der Waals surface area (Å²) < 4.78 is 0. The number of aliphatic hydroxyl groups excluding tert-OH is 1. The average molecular weight is 298 g/mol. The minimum Gasteiger partial charge on any atom is -0.384 e. The van der Waals surface area contributed by atoms with Crippen LogP contribution < -0.4 is 0 Å². The summed E-state index contributed by atoms with van der Waals surface area (Å²) in [4.78, 5) is 10.1. The molecule has 0 aliphatic carbocycles. The average Bonchev–Trinajstić information content (AvgIpc) is 2.38. The minimum absolute atomic E-state index is 0.00415. The summed E-state index contributed by atoms with van der Waals surface area (Å²) in [6, 6.07) is 10.8. The summed E-state index contributed by atoms with van der Waals surface area (Å²) in [7, 11) is 0. The molecule has 1 N–H and O–H groups in total. The second-order valence-electron chi connectivity index (χ2n) is 3.92. The lowest BCUT2D eigenvalue weighted by Crippen LogP contribution is -2.00. The van der Waals surface area contributed by atoms with Crippen LogP contribution in [0.25, 0.3) is 0 Å². The van der Waals surface area contributed by atoms with Gasteiger partial charge in [0.05, 0.1) is 4.92 Å². The summed E-state index contributed by atoms with van der Waals surface area (Å²) >= 11 is 11.6. The van der Waals surface area contributed by atoms with Crippen molar-refractivity contribution in [3.8, 4) is 0 Å². The topological polar surface area (TPSA) is 63.4 Å². The van der Waals surface area contributed by atoms with E-state index >= 15 is 0 Å². The number of hydrogen-bond acceptors (Lipinski definition) is 3. The number of rotatable bonds is 3. The number of nitrogens with zero attached hydrogens (tertiary/aromatic N) is 1. The van der Waals surface area contributed by atoms with Crippen LogP contribution in [0.1, 0.15) is 17.2 Å². The summed E-state index contributed by atoms with van der Waals surface area (Å²) in [5.41, 5.74) is 0.931. The van der Waals surface area contributed by atoms with Crippen molar-refractivity contribution in [1.82, 2.24) is 0 Å². The molecule has 2 aromatic rings. The highest BCUT2D eigenvalue weighted by molar-refractivity contribution is 6.32. The van der Waals surface area contributed by atoms with Crippen molar-refractivity contribution in [2.24, 2.45) is 0 Å². The molecule has 0 heterocycles. The molecule has 0 saturated heterocycles. The van der Waals surface area contributed by atoms with E-state index in [1.54, 1.807) is 24.3 Å². The van der Waals surface area contributed by atoms with Crippen molar-refractivity contribution in [3.63, 3.8) is 0 Å². The fraction of sp³-hybridized carbons (Fsp3) is 0.0769. The van der Waals surface area contributed by atoms with E-state index in [0.29, 0.717) is 16.1 Å². The van der Waals surface area contributed by atoms with Crippen molar-refractivity contribution in [2.45, 2.75) is 6.10 Å². The lowest BCUT2D eigenvalue weighted by atomic mass is 10.0. The first kappa shape index (κ1) is 13.8. The van der Waals surface area contributed by atoms with Crippen molar-refractivity contribution < 1.29 is 10.0 Å². The van der Waals surface area contributed by atoms with Crippen LogP contribution in [0.2, 0.25) is 10.0 Å². The summed E-state index contributed by atoms with van der Waals surface area (Å²) in [6.07, 6.45) is -0.907. The normalized spacial score (nSPS) is 12.2. The molecule has 4 nitrogen and oxygen atoms in total. The van der Waals surface area contributed by atoms with E-state index in [0.717, 1.165) is 0 Å². The Labute approximate surface area is 119 Å². The number of nitro benzene ring substituents is 1. The maximum absolute atomic E-state index is 10.7. The van der Waals surface area contributed by atoms with Gasteiger partial charge in [-0.3, -0.25) is 10.1 Å². The Balaban J connectivity index is 2.34. The third kappa shape index (κ3) is 3.04. The molecule has 0 aromatic heterocycles. The molecule has 0 spiro atoms. The Morgan fingerprint density at radius 1 is 1.05 bits per heavy atom. The van der Waals surface area contributed by atoms with E-state index in [-0.39, 0.29) is 10.7 Å². The molecule has 0 aliphatic rings.